The molecule has 0 aliphatic carbocycles. The second-order valence-corrected chi connectivity index (χ2v) is 5.72. The molecule has 0 heterocycles. The van der Waals surface area contributed by atoms with E-state index in [1.54, 1.807) is 30.3 Å². The fourth-order valence-corrected chi connectivity index (χ4v) is 2.26. The first-order chi connectivity index (χ1) is 11.9. The van der Waals surface area contributed by atoms with Crippen LogP contribution in [0.15, 0.2) is 41.5 Å². The molecular formula is C18H18ClN3O3. The van der Waals surface area contributed by atoms with Gasteiger partial charge in [0.25, 0.3) is 0 Å². The van der Waals surface area contributed by atoms with Gasteiger partial charge in [-0.25, -0.2) is 5.43 Å². The van der Waals surface area contributed by atoms with E-state index in [1.165, 1.54) is 13.3 Å². The van der Waals surface area contributed by atoms with Gasteiger partial charge < -0.3 is 10.1 Å². The molecule has 2 N–H and O–H groups in total. The fourth-order valence-electron chi connectivity index (χ4n) is 2.08. The highest BCUT2D eigenvalue weighted by Crippen LogP contribution is 2.21. The highest BCUT2D eigenvalue weighted by Gasteiger charge is 2.14. The summed E-state index contributed by atoms with van der Waals surface area (Å²) in [5, 5.41) is 6.83. The number of hydrazone groups is 1. The summed E-state index contributed by atoms with van der Waals surface area (Å²) < 4.78 is 5.17. The maximum atomic E-state index is 12.0. The molecule has 2 amide bonds. The Morgan fingerprint density at radius 2 is 1.92 bits per heavy atom. The van der Waals surface area contributed by atoms with Crippen LogP contribution in [0.5, 0.6) is 5.75 Å². The zero-order valence-electron chi connectivity index (χ0n) is 14.1. The molecule has 0 aliphatic heterocycles. The van der Waals surface area contributed by atoms with Crippen LogP contribution >= 0.6 is 11.6 Å². The first-order valence-corrected chi connectivity index (χ1v) is 7.84. The van der Waals surface area contributed by atoms with Gasteiger partial charge in [-0.2, -0.15) is 5.10 Å². The SMILES string of the molecule is COc1ccc(Cl)cc1/C=N\NC(=O)C(=O)Nc1cccc(C)c1C. The summed E-state index contributed by atoms with van der Waals surface area (Å²) in [7, 11) is 1.51. The molecule has 0 unspecified atom stereocenters. The molecule has 130 valence electrons. The molecule has 0 saturated heterocycles. The average Bonchev–Trinajstić information content (AvgIpc) is 2.59. The van der Waals surface area contributed by atoms with E-state index in [2.05, 4.69) is 15.8 Å². The Labute approximate surface area is 150 Å². The normalized spacial score (nSPS) is 10.6. The topological polar surface area (TPSA) is 79.8 Å². The number of hydrogen-bond acceptors (Lipinski definition) is 4. The summed E-state index contributed by atoms with van der Waals surface area (Å²) in [6, 6.07) is 10.4. The Balaban J connectivity index is 2.01. The van der Waals surface area contributed by atoms with Crippen LogP contribution in [-0.4, -0.2) is 25.1 Å². The summed E-state index contributed by atoms with van der Waals surface area (Å²) in [5.74, 6) is -1.13. The maximum absolute atomic E-state index is 12.0. The molecule has 0 atom stereocenters. The van der Waals surface area contributed by atoms with Gasteiger partial charge in [-0.15, -0.1) is 0 Å². The van der Waals surface area contributed by atoms with Crippen molar-refractivity contribution in [3.05, 3.63) is 58.1 Å². The Hall–Kier alpha value is -2.86. The van der Waals surface area contributed by atoms with Gasteiger partial charge >= 0.3 is 11.8 Å². The standard InChI is InChI=1S/C18H18ClN3O3/c1-11-5-4-6-15(12(11)2)21-17(23)18(24)22-20-10-13-9-14(19)7-8-16(13)25-3/h4-10H,1-3H3,(H,21,23)(H,22,24)/b20-10-. The molecular weight excluding hydrogens is 342 g/mol. The van der Waals surface area contributed by atoms with Gasteiger partial charge in [0, 0.05) is 16.3 Å². The van der Waals surface area contributed by atoms with Gasteiger partial charge in [0.1, 0.15) is 5.75 Å². The number of amides is 2. The van der Waals surface area contributed by atoms with E-state index >= 15 is 0 Å². The minimum atomic E-state index is -0.877. The van der Waals surface area contributed by atoms with Crippen LogP contribution in [0.25, 0.3) is 0 Å². The molecule has 0 radical (unpaired) electrons. The predicted octanol–water partition coefficient (Wildman–Crippen LogP) is 3.05. The molecule has 0 bridgehead atoms. The minimum absolute atomic E-state index is 0.501. The number of nitrogens with zero attached hydrogens (tertiary/aromatic N) is 1. The second-order valence-electron chi connectivity index (χ2n) is 5.29. The lowest BCUT2D eigenvalue weighted by molar-refractivity contribution is -0.136. The van der Waals surface area contributed by atoms with E-state index in [-0.39, 0.29) is 0 Å². The minimum Gasteiger partial charge on any atom is -0.496 e. The third-order valence-electron chi connectivity index (χ3n) is 3.62. The van der Waals surface area contributed by atoms with Crippen LogP contribution in [0.2, 0.25) is 5.02 Å². The number of hydrogen-bond donors (Lipinski definition) is 2. The molecule has 6 nitrogen and oxygen atoms in total. The van der Waals surface area contributed by atoms with Crippen molar-refractivity contribution in [3.8, 4) is 5.75 Å². The number of ether oxygens (including phenoxy) is 1. The van der Waals surface area contributed by atoms with Gasteiger partial charge in [0.05, 0.1) is 13.3 Å². The van der Waals surface area contributed by atoms with Crippen LogP contribution in [0.3, 0.4) is 0 Å². The Morgan fingerprint density at radius 1 is 1.16 bits per heavy atom. The van der Waals surface area contributed by atoms with Crippen LogP contribution in [0.4, 0.5) is 5.69 Å². The molecule has 0 saturated carbocycles. The monoisotopic (exact) mass is 359 g/mol. The lowest BCUT2D eigenvalue weighted by atomic mass is 10.1. The molecule has 2 rings (SSSR count). The van der Waals surface area contributed by atoms with Crippen molar-refractivity contribution >= 4 is 35.3 Å². The number of carbonyl (C=O) groups is 2. The number of benzene rings is 2. The van der Waals surface area contributed by atoms with Crippen molar-refractivity contribution in [3.63, 3.8) is 0 Å². The average molecular weight is 360 g/mol. The van der Waals surface area contributed by atoms with E-state index < -0.39 is 11.8 Å². The number of aryl methyl sites for hydroxylation is 1. The number of nitrogens with one attached hydrogen (secondary N) is 2. The molecule has 7 heteroatoms. The van der Waals surface area contributed by atoms with Crippen molar-refractivity contribution in [1.82, 2.24) is 5.43 Å². The summed E-state index contributed by atoms with van der Waals surface area (Å²) in [5.41, 5.74) is 5.25. The lowest BCUT2D eigenvalue weighted by Crippen LogP contribution is -2.32. The van der Waals surface area contributed by atoms with E-state index in [9.17, 15) is 9.59 Å². The van der Waals surface area contributed by atoms with Gasteiger partial charge in [-0.1, -0.05) is 23.7 Å². The Morgan fingerprint density at radius 3 is 2.64 bits per heavy atom. The van der Waals surface area contributed by atoms with Crippen LogP contribution in [-0.2, 0) is 9.59 Å². The first-order valence-electron chi connectivity index (χ1n) is 7.46. The van der Waals surface area contributed by atoms with E-state index in [4.69, 9.17) is 16.3 Å². The highest BCUT2D eigenvalue weighted by molar-refractivity contribution is 6.39. The quantitative estimate of drug-likeness (QED) is 0.500. The lowest BCUT2D eigenvalue weighted by Gasteiger charge is -2.09. The Bertz CT molecular complexity index is 834. The van der Waals surface area contributed by atoms with E-state index in [1.807, 2.05) is 19.9 Å². The summed E-state index contributed by atoms with van der Waals surface area (Å²) >= 11 is 5.91. The second kappa shape index (κ2) is 8.30. The first kappa shape index (κ1) is 18.5. The molecule has 0 aliphatic rings. The largest absolute Gasteiger partial charge is 0.496 e. The van der Waals surface area contributed by atoms with Crippen LogP contribution < -0.4 is 15.5 Å². The van der Waals surface area contributed by atoms with Crippen molar-refractivity contribution < 1.29 is 14.3 Å². The van der Waals surface area contributed by atoms with Crippen molar-refractivity contribution in [1.29, 1.82) is 0 Å². The number of methoxy groups -OCH3 is 1. The van der Waals surface area contributed by atoms with Gasteiger partial charge in [-0.05, 0) is 49.2 Å². The maximum Gasteiger partial charge on any atom is 0.329 e. The number of anilines is 1. The van der Waals surface area contributed by atoms with Gasteiger partial charge in [0.2, 0.25) is 0 Å². The molecule has 25 heavy (non-hydrogen) atoms. The summed E-state index contributed by atoms with van der Waals surface area (Å²) in [6.07, 6.45) is 1.35. The van der Waals surface area contributed by atoms with Gasteiger partial charge in [-0.3, -0.25) is 9.59 Å². The predicted molar refractivity (Wildman–Crippen MR) is 98.3 cm³/mol. The molecule has 2 aromatic carbocycles. The molecule has 2 aromatic rings. The van der Waals surface area contributed by atoms with Crippen LogP contribution in [0, 0.1) is 13.8 Å². The zero-order valence-corrected chi connectivity index (χ0v) is 14.8. The van der Waals surface area contributed by atoms with Gasteiger partial charge in [0.15, 0.2) is 0 Å². The number of carbonyl (C=O) groups excluding carboxylic acids is 2. The molecule has 0 spiro atoms. The zero-order chi connectivity index (χ0) is 18.4. The third kappa shape index (κ3) is 4.81. The van der Waals surface area contributed by atoms with Crippen molar-refractivity contribution in [2.75, 3.05) is 12.4 Å². The summed E-state index contributed by atoms with van der Waals surface area (Å²) in [4.78, 5) is 23.8. The third-order valence-corrected chi connectivity index (χ3v) is 3.86. The fraction of sp³-hybridized carbons (Fsp3) is 0.167. The van der Waals surface area contributed by atoms with Crippen LogP contribution in [0.1, 0.15) is 16.7 Å². The highest BCUT2D eigenvalue weighted by atomic mass is 35.5. The molecule has 0 aromatic heterocycles. The van der Waals surface area contributed by atoms with Crippen molar-refractivity contribution in [2.45, 2.75) is 13.8 Å². The van der Waals surface area contributed by atoms with Crippen molar-refractivity contribution in [2.24, 2.45) is 5.10 Å². The summed E-state index contributed by atoms with van der Waals surface area (Å²) in [6.45, 7) is 3.79. The smallest absolute Gasteiger partial charge is 0.329 e. The Kier molecular flexibility index (Phi) is 6.14. The van der Waals surface area contributed by atoms with E-state index in [0.717, 1.165) is 11.1 Å². The van der Waals surface area contributed by atoms with E-state index in [0.29, 0.717) is 22.0 Å². The number of halogens is 1. The number of rotatable bonds is 4. The molecule has 0 fully saturated rings.